The van der Waals surface area contributed by atoms with Crippen LogP contribution in [0.1, 0.15) is 46.0 Å². The van der Waals surface area contributed by atoms with E-state index < -0.39 is 0 Å². The molecule has 2 nitrogen and oxygen atoms in total. The van der Waals surface area contributed by atoms with E-state index in [1.165, 1.54) is 32.1 Å². The van der Waals surface area contributed by atoms with Gasteiger partial charge in [-0.3, -0.25) is 0 Å². The fourth-order valence-electron chi connectivity index (χ4n) is 2.05. The fraction of sp³-hybridized carbons (Fsp3) is 0.571. The minimum atomic E-state index is 0.615. The first kappa shape index (κ1) is 14.4. The third-order valence-electron chi connectivity index (χ3n) is 3.26. The molecule has 17 heavy (non-hydrogen) atoms. The predicted octanol–water partition coefficient (Wildman–Crippen LogP) is 4.59. The van der Waals surface area contributed by atoms with Crippen molar-refractivity contribution >= 4 is 27.3 Å². The predicted molar refractivity (Wildman–Crippen MR) is 79.8 cm³/mol. The van der Waals surface area contributed by atoms with Crippen molar-refractivity contribution in [2.75, 3.05) is 11.5 Å². The normalized spacial score (nSPS) is 18.1. The average Bonchev–Trinajstić information content (AvgIpc) is 2.24. The van der Waals surface area contributed by atoms with E-state index in [1.807, 2.05) is 6.07 Å². The highest BCUT2D eigenvalue weighted by Crippen LogP contribution is 2.34. The zero-order valence-corrected chi connectivity index (χ0v) is 12.4. The maximum Gasteiger partial charge on any atom is 0.0559 e. The molecule has 0 spiro atoms. The van der Waals surface area contributed by atoms with Gasteiger partial charge in [0.05, 0.1) is 11.4 Å². The number of benzene rings is 1. The number of hydrogen-bond acceptors (Lipinski definition) is 2. The quantitative estimate of drug-likeness (QED) is 0.688. The summed E-state index contributed by atoms with van der Waals surface area (Å²) in [6.07, 6.45) is 7.31. The highest BCUT2D eigenvalue weighted by Gasteiger charge is 2.19. The van der Waals surface area contributed by atoms with Crippen LogP contribution in [0.4, 0.5) is 11.4 Å². The molecule has 2 rings (SSSR count). The van der Waals surface area contributed by atoms with E-state index in [9.17, 15) is 0 Å². The molecular formula is C14H23BrN2. The highest BCUT2D eigenvalue weighted by molar-refractivity contribution is 9.10. The third kappa shape index (κ3) is 5.44. The Kier molecular flexibility index (Phi) is 5.31. The summed E-state index contributed by atoms with van der Waals surface area (Å²) < 4.78 is 0.953. The van der Waals surface area contributed by atoms with Gasteiger partial charge < -0.3 is 11.5 Å². The summed E-state index contributed by atoms with van der Waals surface area (Å²) in [6.45, 7) is 4.76. The van der Waals surface area contributed by atoms with Crippen LogP contribution in [-0.2, 0) is 0 Å². The summed E-state index contributed by atoms with van der Waals surface area (Å²) in [4.78, 5) is 0. The number of nitrogen functional groups attached to an aromatic ring is 2. The van der Waals surface area contributed by atoms with Crippen molar-refractivity contribution in [2.24, 2.45) is 5.41 Å². The lowest BCUT2D eigenvalue weighted by Gasteiger charge is -2.28. The van der Waals surface area contributed by atoms with Crippen LogP contribution >= 0.6 is 15.9 Å². The smallest absolute Gasteiger partial charge is 0.0559 e. The fourth-order valence-corrected chi connectivity index (χ4v) is 2.43. The minimum Gasteiger partial charge on any atom is -0.397 e. The summed E-state index contributed by atoms with van der Waals surface area (Å²) in [7, 11) is 0. The van der Waals surface area contributed by atoms with E-state index in [4.69, 9.17) is 11.5 Å². The van der Waals surface area contributed by atoms with Gasteiger partial charge in [-0.05, 0) is 36.5 Å². The first-order valence-corrected chi connectivity index (χ1v) is 7.00. The van der Waals surface area contributed by atoms with Crippen LogP contribution < -0.4 is 11.5 Å². The van der Waals surface area contributed by atoms with E-state index in [0.29, 0.717) is 16.8 Å². The zero-order valence-electron chi connectivity index (χ0n) is 10.8. The summed E-state index contributed by atoms with van der Waals surface area (Å²) in [5.41, 5.74) is 12.8. The van der Waals surface area contributed by atoms with Gasteiger partial charge in [-0.2, -0.15) is 0 Å². The van der Waals surface area contributed by atoms with Gasteiger partial charge in [-0.1, -0.05) is 49.0 Å². The number of hydrogen-bond donors (Lipinski definition) is 2. The van der Waals surface area contributed by atoms with Crippen molar-refractivity contribution in [1.82, 2.24) is 0 Å². The number of nitrogens with two attached hydrogens (primary N) is 2. The Balaban J connectivity index is 0.000000171. The Labute approximate surface area is 113 Å². The molecule has 0 unspecified atom stereocenters. The molecule has 0 bridgehead atoms. The molecule has 0 saturated heterocycles. The third-order valence-corrected chi connectivity index (χ3v) is 3.75. The molecule has 1 aliphatic carbocycles. The molecule has 0 aromatic heterocycles. The van der Waals surface area contributed by atoms with Gasteiger partial charge in [-0.15, -0.1) is 0 Å². The van der Waals surface area contributed by atoms with Crippen LogP contribution in [-0.4, -0.2) is 0 Å². The Bertz CT molecular complexity index is 353. The first-order valence-electron chi connectivity index (χ1n) is 6.21. The molecule has 1 fully saturated rings. The van der Waals surface area contributed by atoms with Gasteiger partial charge in [0.2, 0.25) is 0 Å². The first-order chi connectivity index (χ1) is 7.91. The SMILES string of the molecule is CC1(C)CCCCC1.Nc1ccc(Br)cc1N. The molecule has 1 aromatic rings. The monoisotopic (exact) mass is 298 g/mol. The lowest BCUT2D eigenvalue weighted by atomic mass is 9.78. The molecule has 0 atom stereocenters. The van der Waals surface area contributed by atoms with Gasteiger partial charge in [-0.25, -0.2) is 0 Å². The number of rotatable bonds is 0. The number of halogens is 1. The van der Waals surface area contributed by atoms with Crippen molar-refractivity contribution in [3.63, 3.8) is 0 Å². The summed E-state index contributed by atoms with van der Waals surface area (Å²) in [5, 5.41) is 0. The average molecular weight is 299 g/mol. The molecule has 0 heterocycles. The molecule has 1 aromatic carbocycles. The lowest BCUT2D eigenvalue weighted by Crippen LogP contribution is -2.14. The standard InChI is InChI=1S/C8H16.C6H7BrN2/c1-8(2)6-4-3-5-7-8;7-4-1-2-5(8)6(9)3-4/h3-7H2,1-2H3;1-3H,8-9H2. The van der Waals surface area contributed by atoms with E-state index in [2.05, 4.69) is 29.8 Å². The summed E-state index contributed by atoms with van der Waals surface area (Å²) in [5.74, 6) is 0. The van der Waals surface area contributed by atoms with Crippen LogP contribution in [0.25, 0.3) is 0 Å². The second-order valence-electron chi connectivity index (χ2n) is 5.50. The Morgan fingerprint density at radius 2 is 1.59 bits per heavy atom. The van der Waals surface area contributed by atoms with E-state index >= 15 is 0 Å². The van der Waals surface area contributed by atoms with E-state index in [0.717, 1.165) is 4.47 Å². The van der Waals surface area contributed by atoms with Crippen LogP contribution in [0.3, 0.4) is 0 Å². The summed E-state index contributed by atoms with van der Waals surface area (Å²) in [6, 6.07) is 5.39. The van der Waals surface area contributed by atoms with Crippen molar-refractivity contribution in [2.45, 2.75) is 46.0 Å². The molecule has 0 aliphatic heterocycles. The molecule has 3 heteroatoms. The zero-order chi connectivity index (χ0) is 12.9. The van der Waals surface area contributed by atoms with E-state index in [-0.39, 0.29) is 0 Å². The Morgan fingerprint density at radius 3 is 1.94 bits per heavy atom. The second kappa shape index (κ2) is 6.29. The second-order valence-corrected chi connectivity index (χ2v) is 6.41. The summed E-state index contributed by atoms with van der Waals surface area (Å²) >= 11 is 3.26. The van der Waals surface area contributed by atoms with Crippen LogP contribution in [0.2, 0.25) is 0 Å². The van der Waals surface area contributed by atoms with Gasteiger partial charge in [0, 0.05) is 4.47 Å². The van der Waals surface area contributed by atoms with Crippen molar-refractivity contribution in [1.29, 1.82) is 0 Å². The molecule has 1 saturated carbocycles. The largest absolute Gasteiger partial charge is 0.397 e. The van der Waals surface area contributed by atoms with Crippen molar-refractivity contribution in [3.05, 3.63) is 22.7 Å². The number of anilines is 2. The van der Waals surface area contributed by atoms with Gasteiger partial charge >= 0.3 is 0 Å². The van der Waals surface area contributed by atoms with Gasteiger partial charge in [0.1, 0.15) is 0 Å². The van der Waals surface area contributed by atoms with Crippen LogP contribution in [0, 0.1) is 5.41 Å². The minimum absolute atomic E-state index is 0.615. The topological polar surface area (TPSA) is 52.0 Å². The lowest BCUT2D eigenvalue weighted by molar-refractivity contribution is 0.244. The van der Waals surface area contributed by atoms with Crippen LogP contribution in [0.5, 0.6) is 0 Å². The molecule has 1 aliphatic rings. The molecule has 0 amide bonds. The van der Waals surface area contributed by atoms with Gasteiger partial charge in [0.25, 0.3) is 0 Å². The van der Waals surface area contributed by atoms with Crippen molar-refractivity contribution in [3.8, 4) is 0 Å². The van der Waals surface area contributed by atoms with E-state index in [1.54, 1.807) is 12.1 Å². The van der Waals surface area contributed by atoms with Crippen LogP contribution in [0.15, 0.2) is 22.7 Å². The Hall–Kier alpha value is -0.700. The maximum atomic E-state index is 5.47. The van der Waals surface area contributed by atoms with Crippen molar-refractivity contribution < 1.29 is 0 Å². The molecule has 96 valence electrons. The molecular weight excluding hydrogens is 276 g/mol. The highest BCUT2D eigenvalue weighted by atomic mass is 79.9. The molecule has 0 radical (unpaired) electrons. The maximum absolute atomic E-state index is 5.47. The Morgan fingerprint density at radius 1 is 1.00 bits per heavy atom. The van der Waals surface area contributed by atoms with Gasteiger partial charge in [0.15, 0.2) is 0 Å². The molecule has 4 N–H and O–H groups in total.